The Balaban J connectivity index is 1.78. The number of rotatable bonds is 1. The van der Waals surface area contributed by atoms with Crippen LogP contribution in [0.3, 0.4) is 0 Å². The summed E-state index contributed by atoms with van der Waals surface area (Å²) in [6.45, 7) is 4.30. The van der Waals surface area contributed by atoms with Gasteiger partial charge in [-0.3, -0.25) is 4.40 Å². The predicted molar refractivity (Wildman–Crippen MR) is 108 cm³/mol. The first-order chi connectivity index (χ1) is 13.1. The highest BCUT2D eigenvalue weighted by molar-refractivity contribution is 5.75. The molecule has 2 aromatic carbocycles. The van der Waals surface area contributed by atoms with E-state index in [1.165, 1.54) is 11.3 Å². The van der Waals surface area contributed by atoms with Crippen molar-refractivity contribution < 1.29 is 0 Å². The molecule has 4 aromatic rings. The van der Waals surface area contributed by atoms with Crippen molar-refractivity contribution in [2.24, 2.45) is 0 Å². The van der Waals surface area contributed by atoms with Gasteiger partial charge >= 0.3 is 0 Å². The third-order valence-corrected chi connectivity index (χ3v) is 5.48. The highest BCUT2D eigenvalue weighted by atomic mass is 15.3. The summed E-state index contributed by atoms with van der Waals surface area (Å²) in [5.41, 5.74) is 5.66. The molecule has 0 fully saturated rings. The fraction of sp³-hybridized carbons (Fsp3) is 0.227. The topological polar surface area (TPSA) is 46.3 Å². The van der Waals surface area contributed by atoms with Crippen LogP contribution in [0, 0.1) is 6.92 Å². The summed E-state index contributed by atoms with van der Waals surface area (Å²) in [4.78, 5) is 7.18. The van der Waals surface area contributed by atoms with Crippen molar-refractivity contribution in [1.82, 2.24) is 19.6 Å². The number of benzene rings is 2. The van der Waals surface area contributed by atoms with E-state index in [-0.39, 0.29) is 0 Å². The van der Waals surface area contributed by atoms with Crippen molar-refractivity contribution in [3.63, 3.8) is 0 Å². The number of hydrogen-bond acceptors (Lipinski definition) is 4. The van der Waals surface area contributed by atoms with Crippen molar-refractivity contribution in [1.29, 1.82) is 0 Å². The van der Waals surface area contributed by atoms with E-state index in [9.17, 15) is 0 Å². The molecule has 0 aliphatic carbocycles. The zero-order chi connectivity index (χ0) is 18.5. The van der Waals surface area contributed by atoms with Crippen LogP contribution >= 0.6 is 0 Å². The highest BCUT2D eigenvalue weighted by Gasteiger charge is 2.27. The van der Waals surface area contributed by atoms with Gasteiger partial charge in [0.25, 0.3) is 0 Å². The number of aryl methyl sites for hydroxylation is 1. The second kappa shape index (κ2) is 5.91. The molecule has 0 saturated carbocycles. The Bertz CT molecular complexity index is 1150. The number of nitrogens with zero attached hydrogens (tertiary/aromatic N) is 5. The zero-order valence-electron chi connectivity index (χ0n) is 15.7. The number of hydrogen-bond donors (Lipinski definition) is 0. The van der Waals surface area contributed by atoms with Gasteiger partial charge in [-0.15, -0.1) is 10.2 Å². The molecule has 5 nitrogen and oxygen atoms in total. The van der Waals surface area contributed by atoms with Gasteiger partial charge in [0.2, 0.25) is 0 Å². The fourth-order valence-electron chi connectivity index (χ4n) is 4.13. The van der Waals surface area contributed by atoms with Gasteiger partial charge in [0.15, 0.2) is 11.5 Å². The van der Waals surface area contributed by atoms with Crippen LogP contribution < -0.4 is 4.90 Å². The van der Waals surface area contributed by atoms with Gasteiger partial charge < -0.3 is 4.90 Å². The van der Waals surface area contributed by atoms with E-state index in [1.807, 2.05) is 25.1 Å². The maximum Gasteiger partial charge on any atom is 0.169 e. The van der Waals surface area contributed by atoms with Crippen LogP contribution in [0.2, 0.25) is 0 Å². The largest absolute Gasteiger partial charge is 0.329 e. The molecule has 5 heteroatoms. The Hall–Kier alpha value is -3.21. The van der Waals surface area contributed by atoms with Crippen LogP contribution in [0.4, 0.5) is 11.5 Å². The summed E-state index contributed by atoms with van der Waals surface area (Å²) < 4.78 is 2.09. The van der Waals surface area contributed by atoms with Gasteiger partial charge in [-0.05, 0) is 30.9 Å². The lowest BCUT2D eigenvalue weighted by Crippen LogP contribution is -2.15. The Morgan fingerprint density at radius 1 is 0.963 bits per heavy atom. The number of aromatic nitrogens is 4. The summed E-state index contributed by atoms with van der Waals surface area (Å²) in [6, 6.07) is 18.8. The van der Waals surface area contributed by atoms with Gasteiger partial charge in [-0.2, -0.15) is 0 Å². The molecule has 1 aliphatic rings. The summed E-state index contributed by atoms with van der Waals surface area (Å²) >= 11 is 0. The van der Waals surface area contributed by atoms with Crippen LogP contribution in [-0.4, -0.2) is 26.6 Å². The molecule has 134 valence electrons. The second-order valence-electron chi connectivity index (χ2n) is 7.23. The Labute approximate surface area is 158 Å². The molecular weight excluding hydrogens is 334 g/mol. The van der Waals surface area contributed by atoms with Gasteiger partial charge in [0, 0.05) is 23.9 Å². The summed E-state index contributed by atoms with van der Waals surface area (Å²) in [5, 5.41) is 9.11. The van der Waals surface area contributed by atoms with Gasteiger partial charge in [0.05, 0.1) is 0 Å². The average molecular weight is 355 g/mol. The maximum atomic E-state index is 4.98. The molecule has 0 saturated heterocycles. The lowest BCUT2D eigenvalue weighted by molar-refractivity contribution is 0.764. The summed E-state index contributed by atoms with van der Waals surface area (Å²) in [6.07, 6.45) is 0.889. The van der Waals surface area contributed by atoms with Crippen molar-refractivity contribution in [2.75, 3.05) is 11.9 Å². The molecule has 1 atom stereocenters. The third kappa shape index (κ3) is 2.35. The molecule has 1 unspecified atom stereocenters. The van der Waals surface area contributed by atoms with E-state index in [0.717, 1.165) is 40.7 Å². The van der Waals surface area contributed by atoms with Crippen LogP contribution in [0.1, 0.15) is 29.8 Å². The van der Waals surface area contributed by atoms with Gasteiger partial charge in [-0.25, -0.2) is 4.98 Å². The summed E-state index contributed by atoms with van der Waals surface area (Å²) in [7, 11) is 2.09. The van der Waals surface area contributed by atoms with Crippen molar-refractivity contribution in [3.8, 4) is 11.4 Å². The molecule has 0 spiro atoms. The first kappa shape index (κ1) is 16.0. The Kier molecular flexibility index (Phi) is 3.50. The normalized spacial score (nSPS) is 16.1. The van der Waals surface area contributed by atoms with Crippen molar-refractivity contribution in [3.05, 3.63) is 71.5 Å². The molecular formula is C22H21N5. The van der Waals surface area contributed by atoms with Crippen LogP contribution in [-0.2, 0) is 6.42 Å². The molecule has 27 heavy (non-hydrogen) atoms. The smallest absolute Gasteiger partial charge is 0.169 e. The number of fused-ring (bicyclic) bond motifs is 4. The second-order valence-corrected chi connectivity index (χ2v) is 7.23. The first-order valence-electron chi connectivity index (χ1n) is 9.28. The van der Waals surface area contributed by atoms with Crippen LogP contribution in [0.15, 0.2) is 54.6 Å². The predicted octanol–water partition coefficient (Wildman–Crippen LogP) is 4.53. The fourth-order valence-corrected chi connectivity index (χ4v) is 4.13. The Morgan fingerprint density at radius 3 is 2.52 bits per heavy atom. The SMILES string of the molecule is Cc1nc2c(c3nnc(-c4ccccc4)n13)CC(C)c1ccccc1N2C. The average Bonchev–Trinajstić information content (AvgIpc) is 3.12. The minimum absolute atomic E-state index is 0.384. The van der Waals surface area contributed by atoms with Gasteiger partial charge in [-0.1, -0.05) is 55.5 Å². The summed E-state index contributed by atoms with van der Waals surface area (Å²) in [5.74, 6) is 3.10. The molecule has 0 amide bonds. The minimum atomic E-state index is 0.384. The number of para-hydroxylation sites is 1. The van der Waals surface area contributed by atoms with Crippen molar-refractivity contribution >= 4 is 17.2 Å². The van der Waals surface area contributed by atoms with E-state index < -0.39 is 0 Å². The maximum absolute atomic E-state index is 4.98. The first-order valence-corrected chi connectivity index (χ1v) is 9.28. The molecule has 1 aliphatic heterocycles. The molecule has 0 N–H and O–H groups in total. The zero-order valence-corrected chi connectivity index (χ0v) is 15.7. The highest BCUT2D eigenvalue weighted by Crippen LogP contribution is 2.40. The third-order valence-electron chi connectivity index (χ3n) is 5.48. The molecule has 0 bridgehead atoms. The lowest BCUT2D eigenvalue weighted by atomic mass is 9.94. The van der Waals surface area contributed by atoms with E-state index in [2.05, 4.69) is 69.9 Å². The van der Waals surface area contributed by atoms with E-state index in [4.69, 9.17) is 4.98 Å². The van der Waals surface area contributed by atoms with E-state index in [1.54, 1.807) is 0 Å². The molecule has 2 aromatic heterocycles. The lowest BCUT2D eigenvalue weighted by Gasteiger charge is -2.21. The van der Waals surface area contributed by atoms with Crippen LogP contribution in [0.5, 0.6) is 0 Å². The van der Waals surface area contributed by atoms with Crippen LogP contribution in [0.25, 0.3) is 17.0 Å². The van der Waals surface area contributed by atoms with E-state index in [0.29, 0.717) is 5.92 Å². The standard InChI is InChI=1S/C22H21N5/c1-14-13-18-21(26(3)19-12-8-7-11-17(14)19)23-15(2)27-20(24-25-22(18)27)16-9-5-4-6-10-16/h4-12,14H,13H2,1-3H3. The molecule has 5 rings (SSSR count). The minimum Gasteiger partial charge on any atom is -0.329 e. The molecule has 3 heterocycles. The Morgan fingerprint density at radius 2 is 1.70 bits per heavy atom. The van der Waals surface area contributed by atoms with Crippen molar-refractivity contribution in [2.45, 2.75) is 26.2 Å². The molecule has 0 radical (unpaired) electrons. The quantitative estimate of drug-likeness (QED) is 0.503. The number of anilines is 2. The van der Waals surface area contributed by atoms with E-state index >= 15 is 0 Å². The van der Waals surface area contributed by atoms with Gasteiger partial charge in [0.1, 0.15) is 11.6 Å². The monoisotopic (exact) mass is 355 g/mol.